The molecule has 4 atom stereocenters. The number of hydrogen-bond acceptors (Lipinski definition) is 14. The molecule has 0 unspecified atom stereocenters. The van der Waals surface area contributed by atoms with E-state index >= 15 is 0 Å². The molecule has 0 fully saturated rings. The Morgan fingerprint density at radius 2 is 0.824 bits per heavy atom. The molecular weight excluding hydrogens is 668 g/mol. The summed E-state index contributed by atoms with van der Waals surface area (Å²) in [6.45, 7) is 0. The lowest BCUT2D eigenvalue weighted by atomic mass is 9.79. The second-order valence-corrected chi connectivity index (χ2v) is 12.6. The maximum absolute atomic E-state index is 11.6. The monoisotopic (exact) mass is 700 g/mol. The van der Waals surface area contributed by atoms with Gasteiger partial charge in [0.25, 0.3) is 0 Å². The van der Waals surface area contributed by atoms with E-state index < -0.39 is 87.8 Å². The van der Waals surface area contributed by atoms with E-state index in [0.29, 0.717) is 0 Å². The van der Waals surface area contributed by atoms with Gasteiger partial charge in [0.2, 0.25) is 0 Å². The Bertz CT molecular complexity index is 2070. The zero-order valence-corrected chi connectivity index (χ0v) is 26.3. The summed E-state index contributed by atoms with van der Waals surface area (Å²) in [6, 6.07) is 13.2. The third kappa shape index (κ3) is 5.56. The van der Waals surface area contributed by atoms with Crippen LogP contribution in [0.3, 0.4) is 0 Å². The normalized spacial score (nSPS) is 19.5. The maximum atomic E-state index is 11.6. The van der Waals surface area contributed by atoms with Crippen molar-refractivity contribution < 1.29 is 70.8 Å². The summed E-state index contributed by atoms with van der Waals surface area (Å²) >= 11 is 0. The Balaban J connectivity index is 1.48. The van der Waals surface area contributed by atoms with E-state index in [9.17, 15) is 61.3 Å². The summed E-state index contributed by atoms with van der Waals surface area (Å²) in [4.78, 5) is 0. The Morgan fingerprint density at radius 3 is 1.22 bits per heavy atom. The highest BCUT2D eigenvalue weighted by atomic mass is 16.5. The first-order valence-corrected chi connectivity index (χ1v) is 15.6. The molecule has 0 aromatic heterocycles. The van der Waals surface area contributed by atoms with Crippen LogP contribution >= 0.6 is 0 Å². The topological polar surface area (TPSA) is 261 Å². The van der Waals surface area contributed by atoms with Crippen molar-refractivity contribution in [1.29, 1.82) is 0 Å². The predicted octanol–water partition coefficient (Wildman–Crippen LogP) is 4.00. The van der Waals surface area contributed by atoms with E-state index in [1.807, 2.05) is 0 Å². The quantitative estimate of drug-likeness (QED) is 0.0914. The molecule has 5 aromatic carbocycles. The first-order chi connectivity index (χ1) is 24.2. The molecule has 264 valence electrons. The molecule has 0 aliphatic carbocycles. The smallest absolute Gasteiger partial charge is 0.157 e. The first kappa shape index (κ1) is 33.1. The second-order valence-electron chi connectivity index (χ2n) is 12.6. The van der Waals surface area contributed by atoms with Gasteiger partial charge < -0.3 is 70.8 Å². The Labute approximate surface area is 288 Å². The standard InChI is InChI=1S/C37H32O14/c38-19-4-1-14(7-24(19)43)31(32-27(46)12-22(41)17-10-29(48)34(50-36(17)32)15-2-5-20(39)25(44)8-15)33-28(47)13-23(42)18-11-30(49)35(51-37(18)33)16-3-6-21(40)26(45)9-16/h1-9,12-13,29-31,34-35,38-49H,10-11H2/t29-,30-,34+,35+/m0/s1. The molecule has 51 heavy (non-hydrogen) atoms. The van der Waals surface area contributed by atoms with Crippen LogP contribution in [0.15, 0.2) is 66.7 Å². The lowest BCUT2D eigenvalue weighted by molar-refractivity contribution is 0.0178. The average Bonchev–Trinajstić information content (AvgIpc) is 3.08. The van der Waals surface area contributed by atoms with Crippen LogP contribution in [0.5, 0.6) is 69.0 Å². The van der Waals surface area contributed by atoms with Crippen LogP contribution in [-0.2, 0) is 12.8 Å². The van der Waals surface area contributed by atoms with Crippen molar-refractivity contribution >= 4 is 0 Å². The predicted molar refractivity (Wildman–Crippen MR) is 176 cm³/mol. The number of aliphatic hydroxyl groups is 2. The first-order valence-electron chi connectivity index (χ1n) is 15.6. The molecule has 0 radical (unpaired) electrons. The highest BCUT2D eigenvalue weighted by molar-refractivity contribution is 5.69. The van der Waals surface area contributed by atoms with Crippen molar-refractivity contribution in [1.82, 2.24) is 0 Å². The van der Waals surface area contributed by atoms with Crippen LogP contribution in [-0.4, -0.2) is 73.5 Å². The van der Waals surface area contributed by atoms with E-state index in [4.69, 9.17) is 9.47 Å². The van der Waals surface area contributed by atoms with Crippen molar-refractivity contribution in [3.05, 3.63) is 106 Å². The van der Waals surface area contributed by atoms with Gasteiger partial charge in [-0.05, 0) is 53.1 Å². The Hall–Kier alpha value is -6.38. The molecule has 12 N–H and O–H groups in total. The second kappa shape index (κ2) is 12.2. The fourth-order valence-electron chi connectivity index (χ4n) is 6.86. The number of rotatable bonds is 5. The van der Waals surface area contributed by atoms with Crippen molar-refractivity contribution in [3.8, 4) is 69.0 Å². The van der Waals surface area contributed by atoms with Crippen LogP contribution in [0.4, 0.5) is 0 Å². The van der Waals surface area contributed by atoms with Gasteiger partial charge in [0.1, 0.15) is 46.7 Å². The largest absolute Gasteiger partial charge is 0.507 e. The molecule has 2 heterocycles. The van der Waals surface area contributed by atoms with Gasteiger partial charge in [0.15, 0.2) is 34.5 Å². The van der Waals surface area contributed by atoms with Gasteiger partial charge in [-0.15, -0.1) is 0 Å². The van der Waals surface area contributed by atoms with E-state index in [0.717, 1.165) is 24.3 Å². The minimum atomic E-state index is -1.39. The zero-order chi connectivity index (χ0) is 36.5. The van der Waals surface area contributed by atoms with Gasteiger partial charge >= 0.3 is 0 Å². The lowest BCUT2D eigenvalue weighted by Crippen LogP contribution is -2.32. The van der Waals surface area contributed by atoms with Gasteiger partial charge in [0, 0.05) is 53.1 Å². The molecule has 14 nitrogen and oxygen atoms in total. The highest BCUT2D eigenvalue weighted by Gasteiger charge is 2.42. The minimum Gasteiger partial charge on any atom is -0.507 e. The summed E-state index contributed by atoms with van der Waals surface area (Å²) in [7, 11) is 0. The molecule has 0 saturated heterocycles. The molecule has 7 rings (SSSR count). The SMILES string of the molecule is Oc1ccc(C(c2c(O)cc(O)c3c2O[C@H](c2ccc(O)c(O)c2)[C@@H](O)C3)c2c(O)cc(O)c3c2O[C@H](c2ccc(O)c(O)c2)[C@@H](O)C3)cc1O. The highest BCUT2D eigenvalue weighted by Crippen LogP contribution is 2.57. The molecule has 5 aromatic rings. The Kier molecular flexibility index (Phi) is 7.92. The van der Waals surface area contributed by atoms with Crippen molar-refractivity contribution in [2.45, 2.75) is 43.2 Å². The molecule has 2 aliphatic rings. The van der Waals surface area contributed by atoms with Crippen LogP contribution < -0.4 is 9.47 Å². The molecule has 0 spiro atoms. The summed E-state index contributed by atoms with van der Waals surface area (Å²) in [5.74, 6) is -6.70. The molecular formula is C37H32O14. The molecule has 2 aliphatic heterocycles. The van der Waals surface area contributed by atoms with Crippen LogP contribution in [0.25, 0.3) is 0 Å². The van der Waals surface area contributed by atoms with Crippen LogP contribution in [0.2, 0.25) is 0 Å². The summed E-state index contributed by atoms with van der Waals surface area (Å²) < 4.78 is 12.6. The van der Waals surface area contributed by atoms with Gasteiger partial charge in [-0.25, -0.2) is 0 Å². The molecule has 0 saturated carbocycles. The van der Waals surface area contributed by atoms with Crippen molar-refractivity contribution in [2.24, 2.45) is 0 Å². The van der Waals surface area contributed by atoms with Crippen molar-refractivity contribution in [2.75, 3.05) is 0 Å². The number of benzene rings is 5. The van der Waals surface area contributed by atoms with Gasteiger partial charge in [-0.3, -0.25) is 0 Å². The van der Waals surface area contributed by atoms with Gasteiger partial charge in [-0.2, -0.15) is 0 Å². The van der Waals surface area contributed by atoms with E-state index in [-0.39, 0.29) is 63.3 Å². The molecule has 0 bridgehead atoms. The van der Waals surface area contributed by atoms with E-state index in [1.54, 1.807) is 0 Å². The number of aliphatic hydroxyl groups excluding tert-OH is 2. The van der Waals surface area contributed by atoms with E-state index in [2.05, 4.69) is 0 Å². The third-order valence-electron chi connectivity index (χ3n) is 9.34. The zero-order valence-electron chi connectivity index (χ0n) is 26.3. The van der Waals surface area contributed by atoms with Gasteiger partial charge in [0.05, 0.1) is 12.2 Å². The maximum Gasteiger partial charge on any atom is 0.157 e. The summed E-state index contributed by atoms with van der Waals surface area (Å²) in [6.07, 6.45) is -5.52. The number of aromatic hydroxyl groups is 10. The van der Waals surface area contributed by atoms with E-state index in [1.165, 1.54) is 42.5 Å². The number of phenols is 10. The third-order valence-corrected chi connectivity index (χ3v) is 9.34. The Morgan fingerprint density at radius 1 is 0.431 bits per heavy atom. The molecule has 14 heteroatoms. The van der Waals surface area contributed by atoms with Crippen LogP contribution in [0.1, 0.15) is 57.1 Å². The number of hydrogen-bond donors (Lipinski definition) is 12. The average molecular weight is 701 g/mol. The summed E-state index contributed by atoms with van der Waals surface area (Å²) in [5.41, 5.74) is 0.413. The fourth-order valence-corrected chi connectivity index (χ4v) is 6.86. The minimum absolute atomic E-state index is 0.0449. The van der Waals surface area contributed by atoms with Crippen molar-refractivity contribution in [3.63, 3.8) is 0 Å². The summed E-state index contributed by atoms with van der Waals surface area (Å²) in [5, 5.41) is 128. The van der Waals surface area contributed by atoms with Crippen LogP contribution in [0, 0.1) is 0 Å². The number of phenolic OH excluding ortho intramolecular Hbond substituents is 10. The molecule has 0 amide bonds. The fraction of sp³-hybridized carbons (Fsp3) is 0.189. The number of ether oxygens (including phenoxy) is 2. The number of fused-ring (bicyclic) bond motifs is 2. The lowest BCUT2D eigenvalue weighted by Gasteiger charge is -2.37. The van der Waals surface area contributed by atoms with Gasteiger partial charge in [-0.1, -0.05) is 18.2 Å².